The van der Waals surface area contributed by atoms with E-state index < -0.39 is 0 Å². The minimum absolute atomic E-state index is 0.0825. The lowest BCUT2D eigenvalue weighted by Gasteiger charge is -2.09. The van der Waals surface area contributed by atoms with Crippen LogP contribution in [0.1, 0.15) is 22.4 Å². The van der Waals surface area contributed by atoms with Gasteiger partial charge in [0.2, 0.25) is 11.0 Å². The number of hydrogen-bond acceptors (Lipinski definition) is 5. The Balaban J connectivity index is 1.60. The summed E-state index contributed by atoms with van der Waals surface area (Å²) in [6.07, 6.45) is 0.313. The minimum Gasteiger partial charge on any atom is -0.497 e. The van der Waals surface area contributed by atoms with Gasteiger partial charge < -0.3 is 10.1 Å². The molecule has 4 aromatic rings. The van der Waals surface area contributed by atoms with Crippen LogP contribution in [0.15, 0.2) is 42.5 Å². The highest BCUT2D eigenvalue weighted by atomic mass is 32.1. The normalized spacial score (nSPS) is 11.0. The highest BCUT2D eigenvalue weighted by molar-refractivity contribution is 7.20. The molecule has 0 fully saturated rings. The number of thiazole rings is 1. The van der Waals surface area contributed by atoms with E-state index in [-0.39, 0.29) is 5.91 Å². The number of methoxy groups -OCH3 is 1. The van der Waals surface area contributed by atoms with Crippen molar-refractivity contribution in [2.24, 2.45) is 0 Å². The highest BCUT2D eigenvalue weighted by Crippen LogP contribution is 2.29. The van der Waals surface area contributed by atoms with Crippen LogP contribution in [0.4, 0.5) is 5.82 Å². The Kier molecular flexibility index (Phi) is 5.07. The summed E-state index contributed by atoms with van der Waals surface area (Å²) < 4.78 is 7.99. The molecule has 0 saturated carbocycles. The molecule has 1 amide bonds. The average molecular weight is 407 g/mol. The maximum Gasteiger partial charge on any atom is 0.229 e. The lowest BCUT2D eigenvalue weighted by Crippen LogP contribution is -2.17. The fourth-order valence-electron chi connectivity index (χ4n) is 3.25. The van der Waals surface area contributed by atoms with Gasteiger partial charge in [-0.05, 0) is 44.0 Å². The smallest absolute Gasteiger partial charge is 0.229 e. The van der Waals surface area contributed by atoms with Gasteiger partial charge in [0.25, 0.3) is 0 Å². The summed E-state index contributed by atoms with van der Waals surface area (Å²) in [4.78, 5) is 17.4. The molecule has 0 spiro atoms. The van der Waals surface area contributed by atoms with E-state index in [0.717, 1.165) is 32.8 Å². The number of carbonyl (C=O) groups is 1. The Morgan fingerprint density at radius 3 is 2.72 bits per heavy atom. The number of carbonyl (C=O) groups excluding carboxylic acids is 1. The zero-order valence-corrected chi connectivity index (χ0v) is 17.6. The van der Waals surface area contributed by atoms with Gasteiger partial charge in [-0.3, -0.25) is 4.79 Å². The fraction of sp³-hybridized carbons (Fsp3) is 0.227. The van der Waals surface area contributed by atoms with Crippen molar-refractivity contribution in [3.63, 3.8) is 0 Å². The van der Waals surface area contributed by atoms with E-state index in [2.05, 4.69) is 21.5 Å². The van der Waals surface area contributed by atoms with Crippen molar-refractivity contribution in [2.45, 2.75) is 27.2 Å². The minimum atomic E-state index is -0.0825. The first kappa shape index (κ1) is 19.1. The van der Waals surface area contributed by atoms with Gasteiger partial charge in [0.05, 0.1) is 29.4 Å². The molecule has 0 unspecified atom stereocenters. The third kappa shape index (κ3) is 4.00. The molecule has 0 radical (unpaired) electrons. The third-order valence-electron chi connectivity index (χ3n) is 4.71. The molecule has 148 valence electrons. The first-order valence-corrected chi connectivity index (χ1v) is 10.1. The van der Waals surface area contributed by atoms with Gasteiger partial charge in [-0.1, -0.05) is 35.1 Å². The zero-order chi connectivity index (χ0) is 20.5. The summed E-state index contributed by atoms with van der Waals surface area (Å²) in [5, 5.41) is 8.21. The molecule has 1 N–H and O–H groups in total. The third-order valence-corrected chi connectivity index (χ3v) is 5.72. The lowest BCUT2D eigenvalue weighted by atomic mass is 10.0. The van der Waals surface area contributed by atoms with Gasteiger partial charge in [-0.25, -0.2) is 4.98 Å². The first-order valence-electron chi connectivity index (χ1n) is 9.30. The molecule has 0 saturated heterocycles. The van der Waals surface area contributed by atoms with Crippen LogP contribution in [0.5, 0.6) is 5.75 Å². The number of aromatic nitrogens is 3. The number of aryl methyl sites for hydroxylation is 3. The van der Waals surface area contributed by atoms with Gasteiger partial charge in [0.1, 0.15) is 11.6 Å². The molecule has 2 aromatic carbocycles. The van der Waals surface area contributed by atoms with E-state index in [0.29, 0.717) is 17.4 Å². The number of rotatable bonds is 5. The van der Waals surface area contributed by atoms with Crippen molar-refractivity contribution in [2.75, 3.05) is 12.4 Å². The topological polar surface area (TPSA) is 69.0 Å². The van der Waals surface area contributed by atoms with E-state index in [1.807, 2.05) is 57.2 Å². The Morgan fingerprint density at radius 2 is 1.97 bits per heavy atom. The van der Waals surface area contributed by atoms with Crippen LogP contribution in [0.25, 0.3) is 15.3 Å². The van der Waals surface area contributed by atoms with Crippen molar-refractivity contribution in [1.29, 1.82) is 0 Å². The van der Waals surface area contributed by atoms with E-state index in [4.69, 9.17) is 4.74 Å². The predicted octanol–water partition coefficient (Wildman–Crippen LogP) is 4.60. The van der Waals surface area contributed by atoms with Crippen molar-refractivity contribution in [3.8, 4) is 10.9 Å². The Labute approximate surface area is 173 Å². The molecule has 2 aromatic heterocycles. The van der Waals surface area contributed by atoms with Crippen molar-refractivity contribution in [1.82, 2.24) is 14.8 Å². The average Bonchev–Trinajstić information content (AvgIpc) is 3.26. The number of amides is 1. The van der Waals surface area contributed by atoms with Gasteiger partial charge in [0.15, 0.2) is 0 Å². The number of anilines is 1. The number of hydrogen-bond donors (Lipinski definition) is 1. The van der Waals surface area contributed by atoms with E-state index in [1.165, 1.54) is 16.9 Å². The Morgan fingerprint density at radius 1 is 1.14 bits per heavy atom. The van der Waals surface area contributed by atoms with E-state index >= 15 is 0 Å². The number of ether oxygens (including phenoxy) is 1. The quantitative estimate of drug-likeness (QED) is 0.526. The maximum atomic E-state index is 12.7. The summed E-state index contributed by atoms with van der Waals surface area (Å²) in [6.45, 7) is 5.97. The molecule has 0 atom stereocenters. The van der Waals surface area contributed by atoms with Crippen LogP contribution >= 0.6 is 11.3 Å². The SMILES string of the molecule is COc1ccc2sc(-n3nc(C)cc3NC(=O)Cc3ccc(C)cc3C)nc2c1. The van der Waals surface area contributed by atoms with Crippen LogP contribution in [-0.4, -0.2) is 27.8 Å². The molecule has 2 heterocycles. The number of nitrogens with one attached hydrogen (secondary N) is 1. The predicted molar refractivity (Wildman–Crippen MR) is 116 cm³/mol. The Bertz CT molecular complexity index is 1210. The largest absolute Gasteiger partial charge is 0.497 e. The number of fused-ring (bicyclic) bond motifs is 1. The summed E-state index contributed by atoms with van der Waals surface area (Å²) >= 11 is 1.51. The number of nitrogens with zero attached hydrogens (tertiary/aromatic N) is 3. The summed E-state index contributed by atoms with van der Waals surface area (Å²) in [7, 11) is 1.63. The highest BCUT2D eigenvalue weighted by Gasteiger charge is 2.15. The van der Waals surface area contributed by atoms with Crippen molar-refractivity contribution < 1.29 is 9.53 Å². The number of benzene rings is 2. The van der Waals surface area contributed by atoms with Crippen molar-refractivity contribution >= 4 is 33.3 Å². The monoisotopic (exact) mass is 406 g/mol. The standard InChI is InChI=1S/C22H22N4O2S/c1-13-5-6-16(14(2)9-13)11-21(27)24-20-10-15(3)25-26(20)22-23-18-12-17(28-4)7-8-19(18)29-22/h5-10,12H,11H2,1-4H3,(H,24,27). The molecule has 0 aliphatic rings. The maximum absolute atomic E-state index is 12.7. The second kappa shape index (κ2) is 7.67. The van der Waals surface area contributed by atoms with Crippen LogP contribution < -0.4 is 10.1 Å². The van der Waals surface area contributed by atoms with Crippen molar-refractivity contribution in [3.05, 3.63) is 64.8 Å². The van der Waals surface area contributed by atoms with E-state index in [9.17, 15) is 4.79 Å². The molecule has 0 aliphatic heterocycles. The molecule has 29 heavy (non-hydrogen) atoms. The van der Waals surface area contributed by atoms with Gasteiger partial charge in [-0.15, -0.1) is 0 Å². The molecular weight excluding hydrogens is 384 g/mol. The van der Waals surface area contributed by atoms with Gasteiger partial charge in [-0.2, -0.15) is 9.78 Å². The second-order valence-electron chi connectivity index (χ2n) is 7.07. The summed E-state index contributed by atoms with van der Waals surface area (Å²) in [5.41, 5.74) is 4.97. The molecular formula is C22H22N4O2S. The van der Waals surface area contributed by atoms with Crippen LogP contribution in [0, 0.1) is 20.8 Å². The van der Waals surface area contributed by atoms with Gasteiger partial charge in [0, 0.05) is 12.1 Å². The zero-order valence-electron chi connectivity index (χ0n) is 16.8. The van der Waals surface area contributed by atoms with Gasteiger partial charge >= 0.3 is 0 Å². The first-order chi connectivity index (χ1) is 13.9. The summed E-state index contributed by atoms with van der Waals surface area (Å²) in [5.74, 6) is 1.29. The molecule has 0 aliphatic carbocycles. The van der Waals surface area contributed by atoms with E-state index in [1.54, 1.807) is 11.8 Å². The fourth-order valence-corrected chi connectivity index (χ4v) is 4.16. The molecule has 0 bridgehead atoms. The molecule has 4 rings (SSSR count). The summed E-state index contributed by atoms with van der Waals surface area (Å²) in [6, 6.07) is 13.8. The van der Waals surface area contributed by atoms with Crippen LogP contribution in [-0.2, 0) is 11.2 Å². The Hall–Kier alpha value is -3.19. The van der Waals surface area contributed by atoms with Crippen LogP contribution in [0.3, 0.4) is 0 Å². The molecule has 7 heteroatoms. The molecule has 6 nitrogen and oxygen atoms in total. The lowest BCUT2D eigenvalue weighted by molar-refractivity contribution is -0.115. The second-order valence-corrected chi connectivity index (χ2v) is 8.08. The van der Waals surface area contributed by atoms with Crippen LogP contribution in [0.2, 0.25) is 0 Å².